The predicted molar refractivity (Wildman–Crippen MR) is 77.6 cm³/mol. The third-order valence-electron chi connectivity index (χ3n) is 3.60. The van der Waals surface area contributed by atoms with Gasteiger partial charge in [0.05, 0.1) is 6.10 Å². The molecule has 0 bridgehead atoms. The molecule has 0 spiro atoms. The topological polar surface area (TPSA) is 12.5 Å². The van der Waals surface area contributed by atoms with Crippen LogP contribution in [0.1, 0.15) is 30.9 Å². The van der Waals surface area contributed by atoms with E-state index in [1.54, 1.807) is 0 Å². The Morgan fingerprint density at radius 1 is 1.33 bits per heavy atom. The van der Waals surface area contributed by atoms with Gasteiger partial charge in [0.25, 0.3) is 0 Å². The minimum atomic E-state index is 0.452. The molecule has 1 saturated heterocycles. The third kappa shape index (κ3) is 3.18. The van der Waals surface area contributed by atoms with E-state index in [9.17, 15) is 0 Å². The lowest BCUT2D eigenvalue weighted by molar-refractivity contribution is 0.0459. The fraction of sp³-hybridized carbons (Fsp3) is 0.600. The average Bonchev–Trinajstić information content (AvgIpc) is 2.40. The van der Waals surface area contributed by atoms with Crippen LogP contribution in [0.4, 0.5) is 5.69 Å². The molecule has 1 fully saturated rings. The molecule has 0 aliphatic carbocycles. The number of rotatable bonds is 4. The van der Waals surface area contributed by atoms with Gasteiger partial charge in [0.1, 0.15) is 0 Å². The van der Waals surface area contributed by atoms with Crippen molar-refractivity contribution in [2.45, 2.75) is 38.7 Å². The second-order valence-corrected chi connectivity index (χ2v) is 5.16. The SMILES string of the molecule is CCOC1CCN(c2ccc(CCl)cc2C)CC1. The van der Waals surface area contributed by atoms with Gasteiger partial charge in [0.15, 0.2) is 0 Å². The number of nitrogens with zero attached hydrogens (tertiary/aromatic N) is 1. The van der Waals surface area contributed by atoms with Gasteiger partial charge in [0.2, 0.25) is 0 Å². The second-order valence-electron chi connectivity index (χ2n) is 4.90. The molecule has 0 N–H and O–H groups in total. The summed E-state index contributed by atoms with van der Waals surface area (Å²) in [6.45, 7) is 7.24. The Bertz CT molecular complexity index is 386. The fourth-order valence-electron chi connectivity index (χ4n) is 2.65. The highest BCUT2D eigenvalue weighted by Crippen LogP contribution is 2.26. The maximum absolute atomic E-state index is 5.86. The molecule has 2 nitrogen and oxygen atoms in total. The van der Waals surface area contributed by atoms with Crippen LogP contribution < -0.4 is 4.90 Å². The number of piperidine rings is 1. The van der Waals surface area contributed by atoms with Gasteiger partial charge in [-0.05, 0) is 43.9 Å². The Balaban J connectivity index is 2.01. The van der Waals surface area contributed by atoms with E-state index in [-0.39, 0.29) is 0 Å². The number of anilines is 1. The smallest absolute Gasteiger partial charge is 0.0608 e. The summed E-state index contributed by atoms with van der Waals surface area (Å²) in [7, 11) is 0. The average molecular weight is 268 g/mol. The summed E-state index contributed by atoms with van der Waals surface area (Å²) in [6, 6.07) is 6.52. The number of hydrogen-bond acceptors (Lipinski definition) is 2. The summed E-state index contributed by atoms with van der Waals surface area (Å²) in [5.41, 5.74) is 3.86. The highest BCUT2D eigenvalue weighted by atomic mass is 35.5. The zero-order valence-corrected chi connectivity index (χ0v) is 12.0. The van der Waals surface area contributed by atoms with Crippen molar-refractivity contribution in [3.05, 3.63) is 29.3 Å². The Hall–Kier alpha value is -0.730. The van der Waals surface area contributed by atoms with Crippen LogP contribution in [0.25, 0.3) is 0 Å². The van der Waals surface area contributed by atoms with Crippen LogP contribution in [-0.2, 0) is 10.6 Å². The lowest BCUT2D eigenvalue weighted by atomic mass is 10.0. The number of aryl methyl sites for hydroxylation is 1. The summed E-state index contributed by atoms with van der Waals surface area (Å²) in [5.74, 6) is 0.591. The standard InChI is InChI=1S/C15H22ClNO/c1-3-18-14-6-8-17(9-7-14)15-5-4-13(11-16)10-12(15)2/h4-5,10,14H,3,6-9,11H2,1-2H3. The molecule has 0 atom stereocenters. The van der Waals surface area contributed by atoms with Crippen molar-refractivity contribution >= 4 is 17.3 Å². The molecule has 0 aromatic heterocycles. The predicted octanol–water partition coefficient (Wildman–Crippen LogP) is 3.74. The van der Waals surface area contributed by atoms with Crippen LogP contribution in [0.2, 0.25) is 0 Å². The summed E-state index contributed by atoms with van der Waals surface area (Å²) in [6.07, 6.45) is 2.71. The molecule has 0 radical (unpaired) electrons. The number of alkyl halides is 1. The number of hydrogen-bond donors (Lipinski definition) is 0. The Labute approximate surface area is 115 Å². The van der Waals surface area contributed by atoms with Crippen molar-refractivity contribution in [1.82, 2.24) is 0 Å². The summed E-state index contributed by atoms with van der Waals surface area (Å²) < 4.78 is 5.69. The molecule has 0 amide bonds. The minimum Gasteiger partial charge on any atom is -0.378 e. The van der Waals surface area contributed by atoms with E-state index in [2.05, 4.69) is 36.9 Å². The first-order valence-electron chi connectivity index (χ1n) is 6.76. The van der Waals surface area contributed by atoms with E-state index in [1.165, 1.54) is 16.8 Å². The first-order chi connectivity index (χ1) is 8.74. The molecular weight excluding hydrogens is 246 g/mol. The summed E-state index contributed by atoms with van der Waals surface area (Å²) in [5, 5.41) is 0. The Morgan fingerprint density at radius 2 is 2.06 bits per heavy atom. The molecule has 1 aromatic carbocycles. The maximum atomic E-state index is 5.86. The highest BCUT2D eigenvalue weighted by Gasteiger charge is 2.20. The van der Waals surface area contributed by atoms with Gasteiger partial charge >= 0.3 is 0 Å². The number of benzene rings is 1. The summed E-state index contributed by atoms with van der Waals surface area (Å²) >= 11 is 5.86. The van der Waals surface area contributed by atoms with Gasteiger partial charge in [0, 0.05) is 31.3 Å². The van der Waals surface area contributed by atoms with Crippen molar-refractivity contribution in [2.24, 2.45) is 0 Å². The van der Waals surface area contributed by atoms with E-state index in [0.717, 1.165) is 32.5 Å². The van der Waals surface area contributed by atoms with Crippen LogP contribution in [0.5, 0.6) is 0 Å². The van der Waals surface area contributed by atoms with Crippen molar-refractivity contribution < 1.29 is 4.74 Å². The normalized spacial score (nSPS) is 17.2. The number of halogens is 1. The van der Waals surface area contributed by atoms with Crippen LogP contribution in [0, 0.1) is 6.92 Å². The fourth-order valence-corrected chi connectivity index (χ4v) is 2.82. The molecule has 0 saturated carbocycles. The van der Waals surface area contributed by atoms with Gasteiger partial charge in [-0.3, -0.25) is 0 Å². The van der Waals surface area contributed by atoms with E-state index in [4.69, 9.17) is 16.3 Å². The molecule has 1 heterocycles. The molecule has 1 aliphatic rings. The second kappa shape index (κ2) is 6.44. The molecule has 2 rings (SSSR count). The van der Waals surface area contributed by atoms with Crippen LogP contribution in [-0.4, -0.2) is 25.8 Å². The van der Waals surface area contributed by atoms with Crippen LogP contribution in [0.15, 0.2) is 18.2 Å². The molecule has 100 valence electrons. The van der Waals surface area contributed by atoms with Crippen LogP contribution >= 0.6 is 11.6 Å². The van der Waals surface area contributed by atoms with Crippen LogP contribution in [0.3, 0.4) is 0 Å². The van der Waals surface area contributed by atoms with Gasteiger partial charge in [-0.1, -0.05) is 12.1 Å². The molecule has 1 aromatic rings. The zero-order valence-electron chi connectivity index (χ0n) is 11.3. The Morgan fingerprint density at radius 3 is 2.61 bits per heavy atom. The molecule has 3 heteroatoms. The van der Waals surface area contributed by atoms with Gasteiger partial charge in [-0.2, -0.15) is 0 Å². The van der Waals surface area contributed by atoms with Gasteiger partial charge < -0.3 is 9.64 Å². The largest absolute Gasteiger partial charge is 0.378 e. The lowest BCUT2D eigenvalue weighted by Crippen LogP contribution is -2.37. The van der Waals surface area contributed by atoms with Crippen molar-refractivity contribution in [2.75, 3.05) is 24.6 Å². The third-order valence-corrected chi connectivity index (χ3v) is 3.91. The van der Waals surface area contributed by atoms with Crippen molar-refractivity contribution in [1.29, 1.82) is 0 Å². The van der Waals surface area contributed by atoms with Gasteiger partial charge in [-0.15, -0.1) is 11.6 Å². The lowest BCUT2D eigenvalue weighted by Gasteiger charge is -2.34. The van der Waals surface area contributed by atoms with E-state index >= 15 is 0 Å². The quantitative estimate of drug-likeness (QED) is 0.771. The summed E-state index contributed by atoms with van der Waals surface area (Å²) in [4.78, 5) is 2.46. The first kappa shape index (κ1) is 13.7. The monoisotopic (exact) mass is 267 g/mol. The molecule has 0 unspecified atom stereocenters. The minimum absolute atomic E-state index is 0.452. The van der Waals surface area contributed by atoms with E-state index in [0.29, 0.717) is 12.0 Å². The van der Waals surface area contributed by atoms with E-state index < -0.39 is 0 Å². The van der Waals surface area contributed by atoms with Crippen molar-refractivity contribution in [3.63, 3.8) is 0 Å². The zero-order chi connectivity index (χ0) is 13.0. The first-order valence-corrected chi connectivity index (χ1v) is 7.30. The number of ether oxygens (including phenoxy) is 1. The molecule has 18 heavy (non-hydrogen) atoms. The molecular formula is C15H22ClNO. The Kier molecular flexibility index (Phi) is 4.90. The van der Waals surface area contributed by atoms with Crippen molar-refractivity contribution in [3.8, 4) is 0 Å². The van der Waals surface area contributed by atoms with Gasteiger partial charge in [-0.25, -0.2) is 0 Å². The maximum Gasteiger partial charge on any atom is 0.0608 e. The highest BCUT2D eigenvalue weighted by molar-refractivity contribution is 6.17. The van der Waals surface area contributed by atoms with E-state index in [1.807, 2.05) is 0 Å². The molecule has 1 aliphatic heterocycles.